The van der Waals surface area contributed by atoms with Gasteiger partial charge >= 0.3 is 6.09 Å². The number of benzene rings is 3. The maximum atomic E-state index is 14.6. The highest BCUT2D eigenvalue weighted by molar-refractivity contribution is 7.99. The van der Waals surface area contributed by atoms with Crippen molar-refractivity contribution < 1.29 is 28.7 Å². The van der Waals surface area contributed by atoms with E-state index in [1.54, 1.807) is 67.2 Å². The number of aromatic nitrogens is 8. The smallest absolute Gasteiger partial charge is 0.410 e. The Morgan fingerprint density at radius 2 is 1.72 bits per heavy atom. The molecule has 4 atom stereocenters. The lowest BCUT2D eigenvalue weighted by molar-refractivity contribution is -0.143. The average Bonchev–Trinajstić information content (AvgIpc) is 4.09. The van der Waals surface area contributed by atoms with Gasteiger partial charge in [0.25, 0.3) is 5.91 Å². The predicted octanol–water partition coefficient (Wildman–Crippen LogP) is 6.44. The fraction of sp³-hybridized carbons (Fsp3) is 0.404. The molecule has 0 saturated carbocycles. The van der Waals surface area contributed by atoms with Crippen molar-refractivity contribution in [1.29, 1.82) is 0 Å². The number of nitrogens with one attached hydrogen (secondary N) is 2. The molecule has 0 aliphatic carbocycles. The van der Waals surface area contributed by atoms with E-state index in [1.165, 1.54) is 23.7 Å². The Bertz CT molecular complexity index is 2680. The predicted molar refractivity (Wildman–Crippen MR) is 252 cm³/mol. The highest BCUT2D eigenvalue weighted by Crippen LogP contribution is 2.33. The molecule has 3 aromatic heterocycles. The summed E-state index contributed by atoms with van der Waals surface area (Å²) in [6, 6.07) is 24.3. The zero-order valence-corrected chi connectivity index (χ0v) is 39.9. The van der Waals surface area contributed by atoms with Gasteiger partial charge in [-0.15, -0.1) is 10.2 Å². The fourth-order valence-corrected chi connectivity index (χ4v) is 8.55. The fourth-order valence-electron chi connectivity index (χ4n) is 7.53. The Kier molecular flexibility index (Phi) is 15.9. The van der Waals surface area contributed by atoms with Gasteiger partial charge in [0.15, 0.2) is 0 Å². The van der Waals surface area contributed by atoms with Crippen molar-refractivity contribution >= 4 is 58.0 Å². The summed E-state index contributed by atoms with van der Waals surface area (Å²) in [6.45, 7) is 10.1. The SMILES string of the molecule is CC(OCc1cn(CCCNC(=O)c2cc3ccccc3c(-c3ccccc3Cl)n2)nn1)[C@H](NC(=O)[C@H](C)N(C)C(=O)OC(C)(C)C)C(=O)N1CCC[C@H]1Cn1nnnc1Sc1ccccc1. The van der Waals surface area contributed by atoms with E-state index in [9.17, 15) is 19.2 Å². The van der Waals surface area contributed by atoms with Crippen LogP contribution in [0.4, 0.5) is 4.79 Å². The Morgan fingerprint density at radius 1 is 0.970 bits per heavy atom. The summed E-state index contributed by atoms with van der Waals surface area (Å²) in [5.41, 5.74) is 1.38. The van der Waals surface area contributed by atoms with Crippen molar-refractivity contribution in [1.82, 2.24) is 60.6 Å². The van der Waals surface area contributed by atoms with Crippen LogP contribution in [0, 0.1) is 0 Å². The van der Waals surface area contributed by atoms with Crippen molar-refractivity contribution in [2.75, 3.05) is 20.1 Å². The Balaban J connectivity index is 0.978. The highest BCUT2D eigenvalue weighted by Gasteiger charge is 2.39. The summed E-state index contributed by atoms with van der Waals surface area (Å²) in [5, 5.41) is 29.6. The monoisotopic (exact) mass is 950 g/mol. The minimum Gasteiger partial charge on any atom is -0.444 e. The molecular formula is C47H55ClN12O6S. The first-order valence-corrected chi connectivity index (χ1v) is 23.3. The van der Waals surface area contributed by atoms with Crippen molar-refractivity contribution in [2.24, 2.45) is 0 Å². The summed E-state index contributed by atoms with van der Waals surface area (Å²) in [7, 11) is 1.47. The lowest BCUT2D eigenvalue weighted by Gasteiger charge is -2.33. The van der Waals surface area contributed by atoms with E-state index in [0.29, 0.717) is 60.6 Å². The first-order chi connectivity index (χ1) is 32.1. The van der Waals surface area contributed by atoms with Crippen LogP contribution in [0.3, 0.4) is 0 Å². The van der Waals surface area contributed by atoms with Crippen molar-refractivity contribution in [3.05, 3.63) is 108 Å². The molecule has 3 aromatic carbocycles. The first kappa shape index (κ1) is 48.5. The van der Waals surface area contributed by atoms with Gasteiger partial charge in [-0.2, -0.15) is 0 Å². The van der Waals surface area contributed by atoms with E-state index in [1.807, 2.05) is 72.8 Å². The van der Waals surface area contributed by atoms with Crippen LogP contribution in [0.25, 0.3) is 22.0 Å². The van der Waals surface area contributed by atoms with Gasteiger partial charge < -0.3 is 25.0 Å². The third kappa shape index (κ3) is 12.5. The molecule has 7 rings (SSSR count). The average molecular weight is 952 g/mol. The van der Waals surface area contributed by atoms with Crippen LogP contribution >= 0.6 is 23.4 Å². The molecule has 18 nitrogen and oxygen atoms in total. The van der Waals surface area contributed by atoms with Crippen LogP contribution in [0.15, 0.2) is 101 Å². The second-order valence-electron chi connectivity index (χ2n) is 17.3. The molecule has 1 fully saturated rings. The number of pyridine rings is 1. The molecule has 4 amide bonds. The lowest BCUT2D eigenvalue weighted by Crippen LogP contribution is -2.59. The summed E-state index contributed by atoms with van der Waals surface area (Å²) >= 11 is 7.96. The van der Waals surface area contributed by atoms with Crippen LogP contribution in [-0.4, -0.2) is 124 Å². The number of tetrazole rings is 1. The molecule has 4 heterocycles. The van der Waals surface area contributed by atoms with Crippen molar-refractivity contribution in [2.45, 2.75) is 113 Å². The quantitative estimate of drug-likeness (QED) is 0.0892. The first-order valence-electron chi connectivity index (χ1n) is 22.1. The second kappa shape index (κ2) is 21.9. The second-order valence-corrected chi connectivity index (χ2v) is 18.7. The third-order valence-electron chi connectivity index (χ3n) is 11.2. The van der Waals surface area contributed by atoms with E-state index >= 15 is 0 Å². The maximum Gasteiger partial charge on any atom is 0.410 e. The number of carbonyl (C=O) groups is 4. The Morgan fingerprint density at radius 3 is 2.49 bits per heavy atom. The summed E-state index contributed by atoms with van der Waals surface area (Å²) in [5.74, 6) is -1.22. The van der Waals surface area contributed by atoms with Gasteiger partial charge in [0, 0.05) is 47.5 Å². The number of carbonyl (C=O) groups excluding carboxylic acids is 4. The molecule has 0 bridgehead atoms. The molecule has 2 N–H and O–H groups in total. The molecule has 20 heteroatoms. The van der Waals surface area contributed by atoms with Crippen LogP contribution < -0.4 is 10.6 Å². The Labute approximate surface area is 398 Å². The number of likely N-dealkylation sites (tertiary alicyclic amines) is 1. The number of hydrogen-bond donors (Lipinski definition) is 2. The maximum absolute atomic E-state index is 14.6. The van der Waals surface area contributed by atoms with Crippen LogP contribution in [0.1, 0.15) is 70.1 Å². The lowest BCUT2D eigenvalue weighted by atomic mass is 10.0. The number of hydrogen-bond acceptors (Lipinski definition) is 13. The van der Waals surface area contributed by atoms with Crippen molar-refractivity contribution in [3.63, 3.8) is 0 Å². The molecule has 352 valence electrons. The topological polar surface area (TPSA) is 204 Å². The summed E-state index contributed by atoms with van der Waals surface area (Å²) in [6.07, 6.45) is 2.21. The van der Waals surface area contributed by atoms with E-state index in [-0.39, 0.29) is 30.2 Å². The number of halogens is 1. The number of likely N-dealkylation sites (N-methyl/N-ethyl adjacent to an activating group) is 1. The molecular weight excluding hydrogens is 896 g/mol. The number of rotatable bonds is 18. The largest absolute Gasteiger partial charge is 0.444 e. The van der Waals surface area contributed by atoms with Gasteiger partial charge in [0.2, 0.25) is 17.0 Å². The summed E-state index contributed by atoms with van der Waals surface area (Å²) in [4.78, 5) is 63.3. The van der Waals surface area contributed by atoms with E-state index in [2.05, 4.69) is 36.5 Å². The molecule has 1 aliphatic rings. The van der Waals surface area contributed by atoms with Gasteiger partial charge in [-0.05, 0) is 106 Å². The van der Waals surface area contributed by atoms with Gasteiger partial charge in [-0.25, -0.2) is 14.5 Å². The zero-order chi connectivity index (χ0) is 47.7. The van der Waals surface area contributed by atoms with Crippen LogP contribution in [0.5, 0.6) is 0 Å². The Hall–Kier alpha value is -6.44. The van der Waals surface area contributed by atoms with E-state index < -0.39 is 35.8 Å². The minimum absolute atomic E-state index is 0.0135. The van der Waals surface area contributed by atoms with Crippen molar-refractivity contribution in [3.8, 4) is 11.3 Å². The minimum atomic E-state index is -1.13. The number of amides is 4. The van der Waals surface area contributed by atoms with Crippen LogP contribution in [-0.2, 0) is 38.8 Å². The molecule has 67 heavy (non-hydrogen) atoms. The molecule has 1 saturated heterocycles. The zero-order valence-electron chi connectivity index (χ0n) is 38.3. The molecule has 0 spiro atoms. The van der Waals surface area contributed by atoms with Gasteiger partial charge in [0.05, 0.1) is 37.2 Å². The summed E-state index contributed by atoms with van der Waals surface area (Å²) < 4.78 is 15.1. The van der Waals surface area contributed by atoms with E-state index in [4.69, 9.17) is 26.1 Å². The highest BCUT2D eigenvalue weighted by atomic mass is 35.5. The van der Waals surface area contributed by atoms with Gasteiger partial charge in [-0.1, -0.05) is 77.5 Å². The number of nitrogens with zero attached hydrogens (tertiary/aromatic N) is 10. The van der Waals surface area contributed by atoms with E-state index in [0.717, 1.165) is 27.7 Å². The number of ether oxygens (including phenoxy) is 2. The normalized spacial score (nSPS) is 15.2. The molecule has 0 radical (unpaired) electrons. The van der Waals surface area contributed by atoms with Gasteiger partial charge in [-0.3, -0.25) is 24.0 Å². The molecule has 1 aliphatic heterocycles. The number of aryl methyl sites for hydroxylation is 1. The number of fused-ring (bicyclic) bond motifs is 1. The molecule has 1 unspecified atom stereocenters. The van der Waals surface area contributed by atoms with Crippen LogP contribution in [0.2, 0.25) is 5.02 Å². The van der Waals surface area contributed by atoms with Gasteiger partial charge in [0.1, 0.15) is 29.1 Å². The molecule has 6 aromatic rings. The standard InChI is InChI=1S/C47H55ClN12O6S/c1-30(57(6)46(64)66-47(3,4)5)42(61)51-40(44(63)59-25-14-17-34(59)28-60-45(53-54-56-60)67-35-18-8-7-9-19-35)31(2)65-29-33-27-58(55-52-33)24-15-23-49-43(62)39-26-32-16-10-11-20-36(32)41(50-39)37-21-12-13-22-38(37)48/h7-13,16,18-22,26-27,30-31,34,40H,14-15,17,23-25,28-29H2,1-6H3,(H,49,62)(H,51,61)/t30-,31?,34-,40-/m0/s1. The third-order valence-corrected chi connectivity index (χ3v) is 12.5.